The molecule has 204 valence electrons. The molecule has 2 aliphatic heterocycles. The van der Waals surface area contributed by atoms with Crippen LogP contribution in [0.5, 0.6) is 0 Å². The molecule has 2 saturated heterocycles. The van der Waals surface area contributed by atoms with Crippen LogP contribution in [0.4, 0.5) is 13.2 Å². The number of aliphatic hydroxyl groups is 1. The summed E-state index contributed by atoms with van der Waals surface area (Å²) in [6, 6.07) is 2.81. The number of aromatic amines is 1. The molecule has 5 atom stereocenters. The van der Waals surface area contributed by atoms with Crippen LogP contribution in [0.3, 0.4) is 0 Å². The molecule has 9 nitrogen and oxygen atoms in total. The number of fused-ring (bicyclic) bond motifs is 2. The Morgan fingerprint density at radius 1 is 1.18 bits per heavy atom. The van der Waals surface area contributed by atoms with E-state index in [1.807, 2.05) is 0 Å². The van der Waals surface area contributed by atoms with Gasteiger partial charge in [0.2, 0.25) is 11.8 Å². The lowest BCUT2D eigenvalue weighted by molar-refractivity contribution is -0.136. The number of amides is 3. The molecule has 1 aromatic heterocycles. The second-order valence-corrected chi connectivity index (χ2v) is 10.4. The Balaban J connectivity index is 1.41. The van der Waals surface area contributed by atoms with Crippen LogP contribution >= 0.6 is 0 Å². The largest absolute Gasteiger partial charge is 0.417 e. The molecule has 1 aromatic carbocycles. The minimum Gasteiger partial charge on any atom is -0.389 e. The van der Waals surface area contributed by atoms with E-state index in [4.69, 9.17) is 0 Å². The maximum absolute atomic E-state index is 13.6. The van der Waals surface area contributed by atoms with E-state index in [2.05, 4.69) is 15.6 Å². The van der Waals surface area contributed by atoms with Gasteiger partial charge in [-0.25, -0.2) is 0 Å². The zero-order valence-corrected chi connectivity index (χ0v) is 20.5. The molecule has 3 heterocycles. The number of hydrogen-bond acceptors (Lipinski definition) is 5. The molecule has 1 aliphatic carbocycles. The number of halogens is 3. The van der Waals surface area contributed by atoms with Crippen LogP contribution in [0.2, 0.25) is 0 Å². The SMILES string of the molecule is O=C1NCCC1CC(NC(=O)C1C2CCCC2CN1C(=O)c1cc2c(C(F)(F)F)cccc2[nH]1)C(=O)CO. The van der Waals surface area contributed by atoms with E-state index in [0.29, 0.717) is 19.4 Å². The first-order valence-corrected chi connectivity index (χ1v) is 12.8. The zero-order valence-electron chi connectivity index (χ0n) is 20.5. The zero-order chi connectivity index (χ0) is 27.2. The van der Waals surface area contributed by atoms with Gasteiger partial charge in [-0.05, 0) is 55.7 Å². The number of carbonyl (C=O) groups is 4. The molecule has 3 fully saturated rings. The number of benzene rings is 1. The van der Waals surface area contributed by atoms with Crippen molar-refractivity contribution in [3.63, 3.8) is 0 Å². The van der Waals surface area contributed by atoms with Crippen molar-refractivity contribution in [3.05, 3.63) is 35.5 Å². The van der Waals surface area contributed by atoms with Gasteiger partial charge in [-0.15, -0.1) is 0 Å². The van der Waals surface area contributed by atoms with Crippen LogP contribution in [0.1, 0.15) is 48.2 Å². The molecule has 3 aliphatic rings. The van der Waals surface area contributed by atoms with Gasteiger partial charge in [0.05, 0.1) is 11.6 Å². The third-order valence-electron chi connectivity index (χ3n) is 8.16. The Bertz CT molecular complexity index is 1280. The lowest BCUT2D eigenvalue weighted by Gasteiger charge is -2.29. The maximum Gasteiger partial charge on any atom is 0.417 e. The highest BCUT2D eigenvalue weighted by atomic mass is 19.4. The summed E-state index contributed by atoms with van der Waals surface area (Å²) in [6.45, 7) is -0.0747. The number of H-pyrrole nitrogens is 1. The highest BCUT2D eigenvalue weighted by Gasteiger charge is 2.50. The van der Waals surface area contributed by atoms with Crippen molar-refractivity contribution >= 4 is 34.4 Å². The summed E-state index contributed by atoms with van der Waals surface area (Å²) < 4.78 is 40.5. The standard InChI is InChI=1S/C26H29F3N4O5/c27-26(28,29)17-5-2-6-18-16(17)10-20(31-18)25(38)33-11-14-3-1-4-15(14)22(33)24(37)32-19(21(35)12-34)9-13-7-8-30-23(13)36/h2,5-6,10,13-15,19,22,31,34H,1,3-4,7-9,11-12H2,(H,30,36)(H,32,37). The summed E-state index contributed by atoms with van der Waals surface area (Å²) in [5.74, 6) is -2.60. The molecule has 0 bridgehead atoms. The number of carbonyl (C=O) groups excluding carboxylic acids is 4. The molecule has 0 radical (unpaired) electrons. The fourth-order valence-corrected chi connectivity index (χ4v) is 6.32. The lowest BCUT2D eigenvalue weighted by Crippen LogP contribution is -2.53. The number of nitrogens with zero attached hydrogens (tertiary/aromatic N) is 1. The number of ketones is 1. The van der Waals surface area contributed by atoms with E-state index >= 15 is 0 Å². The lowest BCUT2D eigenvalue weighted by atomic mass is 9.92. The third-order valence-corrected chi connectivity index (χ3v) is 8.16. The predicted octanol–water partition coefficient (Wildman–Crippen LogP) is 2.00. The van der Waals surface area contributed by atoms with Gasteiger partial charge in [-0.3, -0.25) is 19.2 Å². The molecular weight excluding hydrogens is 505 g/mol. The molecule has 3 amide bonds. The quantitative estimate of drug-likeness (QED) is 0.432. The maximum atomic E-state index is 13.6. The van der Waals surface area contributed by atoms with Gasteiger partial charge in [-0.2, -0.15) is 13.2 Å². The van der Waals surface area contributed by atoms with Crippen LogP contribution in [0.15, 0.2) is 24.3 Å². The van der Waals surface area contributed by atoms with Crippen molar-refractivity contribution < 1.29 is 37.5 Å². The summed E-state index contributed by atoms with van der Waals surface area (Å²) in [5, 5.41) is 14.7. The van der Waals surface area contributed by atoms with Crippen LogP contribution < -0.4 is 10.6 Å². The topological polar surface area (TPSA) is 132 Å². The van der Waals surface area contributed by atoms with Gasteiger partial charge in [0.15, 0.2) is 5.78 Å². The number of alkyl halides is 3. The normalized spacial score (nSPS) is 25.9. The smallest absolute Gasteiger partial charge is 0.389 e. The fourth-order valence-electron chi connectivity index (χ4n) is 6.32. The number of likely N-dealkylation sites (tertiary alicyclic amines) is 1. The summed E-state index contributed by atoms with van der Waals surface area (Å²) in [7, 11) is 0. The minimum absolute atomic E-state index is 0.0357. The molecular formula is C26H29F3N4O5. The first-order valence-electron chi connectivity index (χ1n) is 12.8. The Hall–Kier alpha value is -3.41. The van der Waals surface area contributed by atoms with E-state index in [1.54, 1.807) is 0 Å². The monoisotopic (exact) mass is 534 g/mol. The predicted molar refractivity (Wildman–Crippen MR) is 129 cm³/mol. The third kappa shape index (κ3) is 4.77. The highest BCUT2D eigenvalue weighted by molar-refractivity contribution is 6.02. The van der Waals surface area contributed by atoms with Gasteiger partial charge < -0.3 is 25.6 Å². The van der Waals surface area contributed by atoms with E-state index in [-0.39, 0.29) is 47.3 Å². The van der Waals surface area contributed by atoms with Gasteiger partial charge in [-0.1, -0.05) is 12.5 Å². The van der Waals surface area contributed by atoms with Gasteiger partial charge in [0.25, 0.3) is 5.91 Å². The summed E-state index contributed by atoms with van der Waals surface area (Å²) in [6.07, 6.45) is -1.67. The van der Waals surface area contributed by atoms with Crippen LogP contribution in [-0.2, 0) is 20.6 Å². The Kier molecular flexibility index (Phi) is 6.93. The van der Waals surface area contributed by atoms with Gasteiger partial charge >= 0.3 is 6.18 Å². The molecule has 0 spiro atoms. The molecule has 38 heavy (non-hydrogen) atoms. The number of aliphatic hydroxyl groups excluding tert-OH is 1. The van der Waals surface area contributed by atoms with E-state index in [0.717, 1.165) is 18.9 Å². The molecule has 4 N–H and O–H groups in total. The minimum atomic E-state index is -4.60. The highest BCUT2D eigenvalue weighted by Crippen LogP contribution is 2.43. The molecule has 1 saturated carbocycles. The molecule has 2 aromatic rings. The number of Topliss-reactive ketones (excluding diaryl/α,β-unsaturated/α-hetero) is 1. The number of rotatable bonds is 7. The van der Waals surface area contributed by atoms with E-state index in [1.165, 1.54) is 23.1 Å². The van der Waals surface area contributed by atoms with Crippen LogP contribution in [0, 0.1) is 17.8 Å². The second-order valence-electron chi connectivity index (χ2n) is 10.4. The van der Waals surface area contributed by atoms with Crippen LogP contribution in [-0.4, -0.2) is 70.3 Å². The average Bonchev–Trinajstić information content (AvgIpc) is 3.65. The summed E-state index contributed by atoms with van der Waals surface area (Å²) >= 11 is 0. The van der Waals surface area contributed by atoms with Gasteiger partial charge in [0.1, 0.15) is 18.3 Å². The second kappa shape index (κ2) is 10.0. The summed E-state index contributed by atoms with van der Waals surface area (Å²) in [4.78, 5) is 55.8. The van der Waals surface area contributed by atoms with Crippen LogP contribution in [0.25, 0.3) is 10.9 Å². The van der Waals surface area contributed by atoms with E-state index in [9.17, 15) is 37.5 Å². The average molecular weight is 535 g/mol. The first-order chi connectivity index (χ1) is 18.1. The molecule has 12 heteroatoms. The fraction of sp³-hybridized carbons (Fsp3) is 0.538. The Labute approximate surface area is 216 Å². The molecule has 5 unspecified atom stereocenters. The summed E-state index contributed by atoms with van der Waals surface area (Å²) in [5.41, 5.74) is -0.758. The van der Waals surface area contributed by atoms with Gasteiger partial charge in [0, 0.05) is 29.9 Å². The van der Waals surface area contributed by atoms with Crippen molar-refractivity contribution in [3.8, 4) is 0 Å². The first kappa shape index (κ1) is 26.2. The number of hydrogen-bond donors (Lipinski definition) is 4. The van der Waals surface area contributed by atoms with Crippen molar-refractivity contribution in [1.29, 1.82) is 0 Å². The number of aromatic nitrogens is 1. The Morgan fingerprint density at radius 3 is 2.66 bits per heavy atom. The number of nitrogens with one attached hydrogen (secondary N) is 3. The van der Waals surface area contributed by atoms with E-state index < -0.39 is 53.9 Å². The van der Waals surface area contributed by atoms with Crippen molar-refractivity contribution in [2.75, 3.05) is 19.7 Å². The van der Waals surface area contributed by atoms with Crippen molar-refractivity contribution in [1.82, 2.24) is 20.5 Å². The van der Waals surface area contributed by atoms with Crippen molar-refractivity contribution in [2.24, 2.45) is 17.8 Å². The Morgan fingerprint density at radius 2 is 1.97 bits per heavy atom. The van der Waals surface area contributed by atoms with Crippen molar-refractivity contribution in [2.45, 2.75) is 50.4 Å². The molecule has 5 rings (SSSR count).